The maximum absolute atomic E-state index is 13.0. The highest BCUT2D eigenvalue weighted by Gasteiger charge is 2.22. The smallest absolute Gasteiger partial charge is 0.257 e. The van der Waals surface area contributed by atoms with Crippen molar-refractivity contribution in [3.63, 3.8) is 0 Å². The van der Waals surface area contributed by atoms with Gasteiger partial charge in [0.1, 0.15) is 11.6 Å². The van der Waals surface area contributed by atoms with Crippen LogP contribution in [0.15, 0.2) is 42.5 Å². The lowest BCUT2D eigenvalue weighted by Gasteiger charge is -2.21. The lowest BCUT2D eigenvalue weighted by molar-refractivity contribution is 0.0743. The summed E-state index contributed by atoms with van der Waals surface area (Å²) in [6, 6.07) is 11.6. The van der Waals surface area contributed by atoms with Gasteiger partial charge >= 0.3 is 0 Å². The third-order valence-corrected chi connectivity index (χ3v) is 3.83. The number of rotatable bonds is 1. The van der Waals surface area contributed by atoms with Crippen molar-refractivity contribution in [1.82, 2.24) is 4.90 Å². The van der Waals surface area contributed by atoms with Crippen LogP contribution in [0.25, 0.3) is 0 Å². The Morgan fingerprint density at radius 1 is 1.14 bits per heavy atom. The van der Waals surface area contributed by atoms with E-state index in [1.165, 1.54) is 17.7 Å². The number of aromatic hydroxyl groups is 1. The zero-order valence-corrected chi connectivity index (χ0v) is 11.6. The number of fused-ring (bicyclic) bond motifs is 1. The molecule has 0 aliphatic carbocycles. The molecule has 2 aromatic rings. The van der Waals surface area contributed by atoms with E-state index in [9.17, 15) is 14.3 Å². The van der Waals surface area contributed by atoms with Gasteiger partial charge in [0.15, 0.2) is 0 Å². The second-order valence-electron chi connectivity index (χ2n) is 5.26. The molecule has 0 fully saturated rings. The van der Waals surface area contributed by atoms with Crippen molar-refractivity contribution >= 4 is 5.91 Å². The molecule has 1 amide bonds. The third kappa shape index (κ3) is 2.75. The van der Waals surface area contributed by atoms with E-state index in [-0.39, 0.29) is 17.2 Å². The summed E-state index contributed by atoms with van der Waals surface area (Å²) in [4.78, 5) is 14.2. The predicted molar refractivity (Wildman–Crippen MR) is 77.6 cm³/mol. The molecule has 2 aromatic carbocycles. The van der Waals surface area contributed by atoms with E-state index in [0.29, 0.717) is 13.1 Å². The van der Waals surface area contributed by atoms with Crippen molar-refractivity contribution in [2.75, 3.05) is 6.54 Å². The SMILES string of the molecule is O=C(c1ccc(F)cc1O)N1CCCc2ccccc2C1. The van der Waals surface area contributed by atoms with E-state index in [1.54, 1.807) is 4.90 Å². The molecule has 3 nitrogen and oxygen atoms in total. The number of carbonyl (C=O) groups is 1. The number of carbonyl (C=O) groups excluding carboxylic acids is 1. The molecule has 1 N–H and O–H groups in total. The fourth-order valence-electron chi connectivity index (χ4n) is 2.73. The fraction of sp³-hybridized carbons (Fsp3) is 0.235. The first-order chi connectivity index (χ1) is 10.1. The van der Waals surface area contributed by atoms with Crippen molar-refractivity contribution < 1.29 is 14.3 Å². The van der Waals surface area contributed by atoms with Crippen LogP contribution in [0.1, 0.15) is 27.9 Å². The van der Waals surface area contributed by atoms with Gasteiger partial charge in [-0.3, -0.25) is 4.79 Å². The number of hydrogen-bond acceptors (Lipinski definition) is 2. The van der Waals surface area contributed by atoms with Crippen LogP contribution in [-0.4, -0.2) is 22.5 Å². The number of phenols is 1. The highest BCUT2D eigenvalue weighted by atomic mass is 19.1. The summed E-state index contributed by atoms with van der Waals surface area (Å²) in [5.74, 6) is -1.12. The summed E-state index contributed by atoms with van der Waals surface area (Å²) in [7, 11) is 0. The molecular weight excluding hydrogens is 269 g/mol. The minimum absolute atomic E-state index is 0.149. The van der Waals surface area contributed by atoms with Crippen LogP contribution in [0.3, 0.4) is 0 Å². The maximum Gasteiger partial charge on any atom is 0.257 e. The summed E-state index contributed by atoms with van der Waals surface area (Å²) in [6.45, 7) is 1.15. The van der Waals surface area contributed by atoms with Gasteiger partial charge in [0, 0.05) is 19.2 Å². The van der Waals surface area contributed by atoms with Gasteiger partial charge in [-0.25, -0.2) is 4.39 Å². The Morgan fingerprint density at radius 2 is 1.90 bits per heavy atom. The van der Waals surface area contributed by atoms with Crippen LogP contribution < -0.4 is 0 Å². The normalized spacial score (nSPS) is 14.4. The molecule has 0 spiro atoms. The number of halogens is 1. The maximum atomic E-state index is 13.0. The first-order valence-corrected chi connectivity index (χ1v) is 7.00. The number of nitrogens with zero attached hydrogens (tertiary/aromatic N) is 1. The molecule has 1 heterocycles. The van der Waals surface area contributed by atoms with Crippen LogP contribution in [0, 0.1) is 5.82 Å². The second kappa shape index (κ2) is 5.56. The Bertz CT molecular complexity index is 684. The van der Waals surface area contributed by atoms with Crippen molar-refractivity contribution in [1.29, 1.82) is 0 Å². The van der Waals surface area contributed by atoms with Gasteiger partial charge in [0.25, 0.3) is 5.91 Å². The highest BCUT2D eigenvalue weighted by Crippen LogP contribution is 2.24. The molecule has 0 aromatic heterocycles. The minimum Gasteiger partial charge on any atom is -0.507 e. The summed E-state index contributed by atoms with van der Waals surface area (Å²) in [6.07, 6.45) is 1.82. The van der Waals surface area contributed by atoms with Gasteiger partial charge < -0.3 is 10.0 Å². The molecule has 1 aliphatic heterocycles. The molecule has 4 heteroatoms. The largest absolute Gasteiger partial charge is 0.507 e. The van der Waals surface area contributed by atoms with E-state index >= 15 is 0 Å². The molecule has 0 saturated carbocycles. The van der Waals surface area contributed by atoms with Crippen LogP contribution in [0.4, 0.5) is 4.39 Å². The minimum atomic E-state index is -0.551. The number of hydrogen-bond donors (Lipinski definition) is 1. The second-order valence-corrected chi connectivity index (χ2v) is 5.26. The van der Waals surface area contributed by atoms with Crippen molar-refractivity contribution in [3.8, 4) is 5.75 Å². The van der Waals surface area contributed by atoms with Crippen LogP contribution in [-0.2, 0) is 13.0 Å². The first-order valence-electron chi connectivity index (χ1n) is 7.00. The Hall–Kier alpha value is -2.36. The van der Waals surface area contributed by atoms with Gasteiger partial charge in [-0.15, -0.1) is 0 Å². The number of benzene rings is 2. The average Bonchev–Trinajstić information content (AvgIpc) is 2.68. The molecule has 0 unspecified atom stereocenters. The summed E-state index contributed by atoms with van der Waals surface area (Å²) in [5, 5.41) is 9.77. The predicted octanol–water partition coefficient (Wildman–Crippen LogP) is 3.12. The standard InChI is InChI=1S/C17H16FNO2/c18-14-7-8-15(16(20)10-14)17(21)19-9-3-6-12-4-1-2-5-13(12)11-19/h1-2,4-5,7-8,10,20H,3,6,9,11H2. The van der Waals surface area contributed by atoms with Crippen molar-refractivity contribution in [3.05, 3.63) is 65.0 Å². The Labute approximate surface area is 122 Å². The molecule has 0 atom stereocenters. The van der Waals surface area contributed by atoms with E-state index in [1.807, 2.05) is 18.2 Å². The van der Waals surface area contributed by atoms with Crippen molar-refractivity contribution in [2.24, 2.45) is 0 Å². The average molecular weight is 285 g/mol. The quantitative estimate of drug-likeness (QED) is 0.874. The lowest BCUT2D eigenvalue weighted by atomic mass is 10.0. The monoisotopic (exact) mass is 285 g/mol. The molecule has 3 rings (SSSR count). The Kier molecular flexibility index (Phi) is 3.60. The molecule has 0 radical (unpaired) electrons. The Morgan fingerprint density at radius 3 is 2.67 bits per heavy atom. The molecule has 108 valence electrons. The number of aryl methyl sites for hydroxylation is 1. The van der Waals surface area contributed by atoms with Gasteiger partial charge in [-0.1, -0.05) is 24.3 Å². The molecule has 1 aliphatic rings. The Balaban J connectivity index is 1.88. The molecule has 0 bridgehead atoms. The van der Waals surface area contributed by atoms with E-state index < -0.39 is 5.82 Å². The lowest BCUT2D eigenvalue weighted by Crippen LogP contribution is -2.30. The van der Waals surface area contributed by atoms with Crippen LogP contribution >= 0.6 is 0 Å². The van der Waals surface area contributed by atoms with Crippen LogP contribution in [0.5, 0.6) is 5.75 Å². The summed E-state index contributed by atoms with van der Waals surface area (Å²) in [5.41, 5.74) is 2.54. The first kappa shape index (κ1) is 13.6. The molecule has 0 saturated heterocycles. The van der Waals surface area contributed by atoms with Crippen molar-refractivity contribution in [2.45, 2.75) is 19.4 Å². The van der Waals surface area contributed by atoms with Gasteiger partial charge in [-0.05, 0) is 36.1 Å². The highest BCUT2D eigenvalue weighted by molar-refractivity contribution is 5.96. The zero-order chi connectivity index (χ0) is 14.8. The van der Waals surface area contributed by atoms with E-state index in [4.69, 9.17) is 0 Å². The van der Waals surface area contributed by atoms with E-state index in [0.717, 1.165) is 24.5 Å². The summed E-state index contributed by atoms with van der Waals surface area (Å²) < 4.78 is 13.0. The van der Waals surface area contributed by atoms with Gasteiger partial charge in [0.05, 0.1) is 5.56 Å². The number of amides is 1. The molecule has 21 heavy (non-hydrogen) atoms. The van der Waals surface area contributed by atoms with E-state index in [2.05, 4.69) is 6.07 Å². The summed E-state index contributed by atoms with van der Waals surface area (Å²) >= 11 is 0. The number of phenolic OH excluding ortho intramolecular Hbond substituents is 1. The third-order valence-electron chi connectivity index (χ3n) is 3.83. The molecular formula is C17H16FNO2. The topological polar surface area (TPSA) is 40.5 Å². The van der Waals surface area contributed by atoms with Crippen LogP contribution in [0.2, 0.25) is 0 Å². The zero-order valence-electron chi connectivity index (χ0n) is 11.6. The fourth-order valence-corrected chi connectivity index (χ4v) is 2.73. The van der Waals surface area contributed by atoms with Gasteiger partial charge in [0.2, 0.25) is 0 Å². The van der Waals surface area contributed by atoms with Gasteiger partial charge in [-0.2, -0.15) is 0 Å².